The smallest absolute Gasteiger partial charge is 0.408 e. The van der Waals surface area contributed by atoms with Gasteiger partial charge in [-0.05, 0) is 75.1 Å². The van der Waals surface area contributed by atoms with Crippen LogP contribution in [-0.4, -0.2) is 41.5 Å². The summed E-state index contributed by atoms with van der Waals surface area (Å²) < 4.78 is 5.27. The van der Waals surface area contributed by atoms with Crippen LogP contribution >= 0.6 is 0 Å². The van der Waals surface area contributed by atoms with Crippen LogP contribution in [0, 0.1) is 13.8 Å². The lowest BCUT2D eigenvalue weighted by molar-refractivity contribution is -0.138. The summed E-state index contributed by atoms with van der Waals surface area (Å²) in [5.41, 5.74) is 2.60. The average Bonchev–Trinajstić information content (AvgIpc) is 2.83. The van der Waals surface area contributed by atoms with Gasteiger partial charge in [0.15, 0.2) is 0 Å². The van der Waals surface area contributed by atoms with E-state index in [-0.39, 0.29) is 18.4 Å². The number of anilines is 1. The van der Waals surface area contributed by atoms with Crippen molar-refractivity contribution >= 4 is 34.4 Å². The number of hydrogen-bond donors (Lipinski definition) is 2. The van der Waals surface area contributed by atoms with E-state index < -0.39 is 17.7 Å². The van der Waals surface area contributed by atoms with Crippen molar-refractivity contribution in [2.24, 2.45) is 0 Å². The highest BCUT2D eigenvalue weighted by molar-refractivity contribution is 6.00. The lowest BCUT2D eigenvalue weighted by Crippen LogP contribution is -2.47. The maximum absolute atomic E-state index is 13.8. The Kier molecular flexibility index (Phi) is 8.92. The predicted molar refractivity (Wildman–Crippen MR) is 147 cm³/mol. The second kappa shape index (κ2) is 11.9. The van der Waals surface area contributed by atoms with Gasteiger partial charge in [-0.2, -0.15) is 0 Å². The number of alkyl carbamates (subject to hydrolysis) is 1. The van der Waals surface area contributed by atoms with Crippen LogP contribution in [0.2, 0.25) is 0 Å². The zero-order chi connectivity index (χ0) is 27.2. The van der Waals surface area contributed by atoms with Crippen molar-refractivity contribution < 1.29 is 19.1 Å². The number of nitrogens with one attached hydrogen (secondary N) is 2. The molecule has 3 amide bonds. The first-order chi connectivity index (χ1) is 17.5. The maximum atomic E-state index is 13.8. The Morgan fingerprint density at radius 2 is 1.65 bits per heavy atom. The molecule has 0 aliphatic heterocycles. The van der Waals surface area contributed by atoms with Crippen molar-refractivity contribution in [1.82, 2.24) is 10.2 Å². The Morgan fingerprint density at radius 3 is 2.32 bits per heavy atom. The first-order valence-corrected chi connectivity index (χ1v) is 12.6. The van der Waals surface area contributed by atoms with Gasteiger partial charge in [0.25, 0.3) is 5.91 Å². The zero-order valence-corrected chi connectivity index (χ0v) is 22.6. The van der Waals surface area contributed by atoms with Crippen molar-refractivity contribution in [3.05, 3.63) is 77.4 Å². The van der Waals surface area contributed by atoms with Crippen LogP contribution in [0.1, 0.15) is 56.8 Å². The molecule has 1 atom stereocenters. The highest BCUT2D eigenvalue weighted by atomic mass is 16.6. The van der Waals surface area contributed by atoms with Crippen molar-refractivity contribution in [2.45, 2.75) is 59.6 Å². The van der Waals surface area contributed by atoms with Crippen molar-refractivity contribution in [1.29, 1.82) is 0 Å². The molecular formula is C30H37N3O4. The van der Waals surface area contributed by atoms with E-state index in [2.05, 4.69) is 10.6 Å². The van der Waals surface area contributed by atoms with Gasteiger partial charge in [-0.25, -0.2) is 4.79 Å². The number of hydrogen-bond acceptors (Lipinski definition) is 4. The van der Waals surface area contributed by atoms with Gasteiger partial charge in [-0.3, -0.25) is 9.59 Å². The van der Waals surface area contributed by atoms with E-state index >= 15 is 0 Å². The Bertz CT molecular complexity index is 1280. The number of aryl methyl sites for hydroxylation is 2. The minimum absolute atomic E-state index is 0.278. The van der Waals surface area contributed by atoms with E-state index in [1.54, 1.807) is 20.8 Å². The molecular weight excluding hydrogens is 466 g/mol. The van der Waals surface area contributed by atoms with Crippen molar-refractivity contribution in [3.8, 4) is 0 Å². The molecule has 3 rings (SSSR count). The van der Waals surface area contributed by atoms with Crippen LogP contribution in [0.5, 0.6) is 0 Å². The number of ether oxygens (including phenoxy) is 1. The van der Waals surface area contributed by atoms with Crippen LogP contribution in [-0.2, 0) is 14.3 Å². The first-order valence-electron chi connectivity index (χ1n) is 12.6. The minimum atomic E-state index is -0.876. The van der Waals surface area contributed by atoms with Gasteiger partial charge in [0.05, 0.1) is 0 Å². The normalized spacial score (nSPS) is 12.1. The number of amides is 3. The van der Waals surface area contributed by atoms with Crippen LogP contribution in [0.25, 0.3) is 10.8 Å². The molecule has 1 unspecified atom stereocenters. The number of rotatable bonds is 8. The molecule has 0 aromatic heterocycles. The molecule has 0 bridgehead atoms. The number of carbonyl (C=O) groups excluding carboxylic acids is 3. The van der Waals surface area contributed by atoms with Crippen LogP contribution < -0.4 is 10.6 Å². The second-order valence-electron chi connectivity index (χ2n) is 10.3. The van der Waals surface area contributed by atoms with Crippen molar-refractivity contribution in [3.63, 3.8) is 0 Å². The van der Waals surface area contributed by atoms with E-state index in [0.717, 1.165) is 27.5 Å². The van der Waals surface area contributed by atoms with E-state index in [1.165, 1.54) is 4.90 Å². The molecule has 0 saturated carbocycles. The lowest BCUT2D eigenvalue weighted by atomic mass is 9.96. The average molecular weight is 504 g/mol. The molecule has 0 spiro atoms. The summed E-state index contributed by atoms with van der Waals surface area (Å²) in [6.45, 7) is 11.2. The summed E-state index contributed by atoms with van der Waals surface area (Å²) in [6.07, 6.45) is -0.0378. The van der Waals surface area contributed by atoms with E-state index in [4.69, 9.17) is 4.74 Å². The monoisotopic (exact) mass is 503 g/mol. The summed E-state index contributed by atoms with van der Waals surface area (Å²) in [5.74, 6) is -0.685. The Morgan fingerprint density at radius 1 is 0.946 bits per heavy atom. The third kappa shape index (κ3) is 7.56. The van der Waals surface area contributed by atoms with Crippen molar-refractivity contribution in [2.75, 3.05) is 18.4 Å². The van der Waals surface area contributed by atoms with E-state index in [1.807, 2.05) is 81.4 Å². The number of benzene rings is 3. The van der Waals surface area contributed by atoms with Gasteiger partial charge in [-0.1, -0.05) is 61.0 Å². The van der Waals surface area contributed by atoms with E-state index in [9.17, 15) is 14.4 Å². The number of fused-ring (bicyclic) bond motifs is 1. The van der Waals surface area contributed by atoms with Crippen LogP contribution in [0.15, 0.2) is 60.7 Å². The number of nitrogens with zero attached hydrogens (tertiary/aromatic N) is 1. The van der Waals surface area contributed by atoms with Gasteiger partial charge in [0.1, 0.15) is 18.2 Å². The van der Waals surface area contributed by atoms with Gasteiger partial charge >= 0.3 is 6.09 Å². The fourth-order valence-electron chi connectivity index (χ4n) is 4.19. The molecule has 0 saturated heterocycles. The topological polar surface area (TPSA) is 87.7 Å². The largest absolute Gasteiger partial charge is 0.444 e. The second-order valence-corrected chi connectivity index (χ2v) is 10.3. The molecule has 7 nitrogen and oxygen atoms in total. The SMILES string of the molecule is CCCN(C(=O)CNC(=O)OC(C)(C)C)C(C(=O)Nc1ccc2ccccc2c1)c1cc(C)ccc1C. The fraction of sp³-hybridized carbons (Fsp3) is 0.367. The van der Waals surface area contributed by atoms with Gasteiger partial charge in [0, 0.05) is 12.2 Å². The molecule has 7 heteroatoms. The molecule has 0 aliphatic carbocycles. The maximum Gasteiger partial charge on any atom is 0.408 e. The Hall–Kier alpha value is -3.87. The van der Waals surface area contributed by atoms with Crippen LogP contribution in [0.4, 0.5) is 10.5 Å². The molecule has 3 aromatic carbocycles. The van der Waals surface area contributed by atoms with Gasteiger partial charge in [-0.15, -0.1) is 0 Å². The summed E-state index contributed by atoms with van der Waals surface area (Å²) >= 11 is 0. The lowest BCUT2D eigenvalue weighted by Gasteiger charge is -2.32. The molecule has 3 aromatic rings. The highest BCUT2D eigenvalue weighted by Gasteiger charge is 2.32. The standard InChI is InChI=1S/C30H37N3O4/c1-7-16-33(26(34)19-31-29(36)37-30(4,5)6)27(25-17-20(2)12-13-21(25)3)28(35)32-24-15-14-22-10-8-9-11-23(22)18-24/h8-15,17-18,27H,7,16,19H2,1-6H3,(H,31,36)(H,32,35). The predicted octanol–water partition coefficient (Wildman–Crippen LogP) is 5.90. The molecule has 0 aliphatic rings. The summed E-state index contributed by atoms with van der Waals surface area (Å²) in [4.78, 5) is 41.0. The van der Waals surface area contributed by atoms with E-state index in [0.29, 0.717) is 18.7 Å². The third-order valence-corrected chi connectivity index (χ3v) is 5.87. The minimum Gasteiger partial charge on any atom is -0.444 e. The molecule has 196 valence electrons. The highest BCUT2D eigenvalue weighted by Crippen LogP contribution is 2.28. The molecule has 0 fully saturated rings. The quantitative estimate of drug-likeness (QED) is 0.401. The summed E-state index contributed by atoms with van der Waals surface area (Å²) in [6, 6.07) is 18.7. The Balaban J connectivity index is 1.93. The van der Waals surface area contributed by atoms with Crippen LogP contribution in [0.3, 0.4) is 0 Å². The summed E-state index contributed by atoms with van der Waals surface area (Å²) in [7, 11) is 0. The molecule has 0 heterocycles. The number of carbonyl (C=O) groups is 3. The van der Waals surface area contributed by atoms with Gasteiger partial charge < -0.3 is 20.3 Å². The molecule has 37 heavy (non-hydrogen) atoms. The fourth-order valence-corrected chi connectivity index (χ4v) is 4.19. The molecule has 2 N–H and O–H groups in total. The zero-order valence-electron chi connectivity index (χ0n) is 22.6. The Labute approximate surface area is 219 Å². The third-order valence-electron chi connectivity index (χ3n) is 5.87. The van der Waals surface area contributed by atoms with Gasteiger partial charge in [0.2, 0.25) is 5.91 Å². The first kappa shape index (κ1) is 27.7. The summed E-state index contributed by atoms with van der Waals surface area (Å²) in [5, 5.41) is 7.64. The molecule has 0 radical (unpaired) electrons.